The highest BCUT2D eigenvalue weighted by atomic mass is 16.4. The van der Waals surface area contributed by atoms with Crippen molar-refractivity contribution in [2.45, 2.75) is 6.54 Å². The largest absolute Gasteiger partial charge is 0.403 e. The number of hydrogen-bond donors (Lipinski definition) is 1. The minimum Gasteiger partial charge on any atom is -0.403 e. The molecule has 0 aliphatic rings. The van der Waals surface area contributed by atoms with Crippen LogP contribution in [0.5, 0.6) is 0 Å². The van der Waals surface area contributed by atoms with Gasteiger partial charge in [-0.25, -0.2) is 0 Å². The van der Waals surface area contributed by atoms with Crippen LogP contribution in [0.4, 0.5) is 6.01 Å². The van der Waals surface area contributed by atoms with E-state index < -0.39 is 0 Å². The van der Waals surface area contributed by atoms with Crippen molar-refractivity contribution >= 4 is 6.01 Å². The van der Waals surface area contributed by atoms with Crippen LogP contribution >= 0.6 is 0 Å². The van der Waals surface area contributed by atoms with E-state index >= 15 is 0 Å². The summed E-state index contributed by atoms with van der Waals surface area (Å²) in [6, 6.07) is 20.2. The van der Waals surface area contributed by atoms with Gasteiger partial charge in [0.05, 0.1) is 0 Å². The lowest BCUT2D eigenvalue weighted by Gasteiger charge is -2.00. The Morgan fingerprint density at radius 1 is 0.842 bits per heavy atom. The maximum atomic E-state index is 5.56. The lowest BCUT2D eigenvalue weighted by atomic mass is 10.2. The van der Waals surface area contributed by atoms with Crippen molar-refractivity contribution in [3.05, 3.63) is 66.2 Å². The van der Waals surface area contributed by atoms with E-state index in [-0.39, 0.29) is 0 Å². The zero-order chi connectivity index (χ0) is 12.9. The molecule has 19 heavy (non-hydrogen) atoms. The molecular weight excluding hydrogens is 238 g/mol. The predicted octanol–water partition coefficient (Wildman–Crippen LogP) is 3.35. The van der Waals surface area contributed by atoms with Gasteiger partial charge in [-0.3, -0.25) is 0 Å². The van der Waals surface area contributed by atoms with E-state index in [1.807, 2.05) is 60.7 Å². The molecule has 1 heterocycles. The second-order valence-electron chi connectivity index (χ2n) is 4.12. The molecule has 0 aliphatic carbocycles. The maximum Gasteiger partial charge on any atom is 0.316 e. The van der Waals surface area contributed by atoms with E-state index in [4.69, 9.17) is 4.42 Å². The van der Waals surface area contributed by atoms with E-state index in [0.717, 1.165) is 5.56 Å². The van der Waals surface area contributed by atoms with Gasteiger partial charge in [0.25, 0.3) is 0 Å². The number of aromatic nitrogens is 2. The SMILES string of the molecule is c1ccc(CNc2nnc(-c3ccccc3)o2)cc1. The van der Waals surface area contributed by atoms with Crippen LogP contribution in [0.25, 0.3) is 11.5 Å². The molecule has 3 aromatic rings. The molecule has 3 rings (SSSR count). The second-order valence-corrected chi connectivity index (χ2v) is 4.12. The highest BCUT2D eigenvalue weighted by Crippen LogP contribution is 2.19. The van der Waals surface area contributed by atoms with E-state index in [0.29, 0.717) is 18.5 Å². The fraction of sp³-hybridized carbons (Fsp3) is 0.0667. The molecule has 1 aromatic heterocycles. The first kappa shape index (κ1) is 11.5. The molecule has 0 spiro atoms. The Balaban J connectivity index is 1.69. The number of anilines is 1. The number of rotatable bonds is 4. The normalized spacial score (nSPS) is 10.3. The molecular formula is C15H13N3O. The Kier molecular flexibility index (Phi) is 3.23. The number of nitrogens with zero attached hydrogens (tertiary/aromatic N) is 2. The molecule has 4 nitrogen and oxygen atoms in total. The summed E-state index contributed by atoms with van der Waals surface area (Å²) in [7, 11) is 0. The van der Waals surface area contributed by atoms with Crippen molar-refractivity contribution in [3.63, 3.8) is 0 Å². The van der Waals surface area contributed by atoms with Gasteiger partial charge in [-0.2, -0.15) is 0 Å². The molecule has 1 N–H and O–H groups in total. The topological polar surface area (TPSA) is 51.0 Å². The van der Waals surface area contributed by atoms with Gasteiger partial charge in [-0.15, -0.1) is 5.10 Å². The van der Waals surface area contributed by atoms with Crippen LogP contribution in [0.15, 0.2) is 65.1 Å². The van der Waals surface area contributed by atoms with Gasteiger partial charge in [0, 0.05) is 12.1 Å². The molecule has 0 saturated carbocycles. The maximum absolute atomic E-state index is 5.56. The van der Waals surface area contributed by atoms with Gasteiger partial charge in [0.2, 0.25) is 5.89 Å². The molecule has 0 saturated heterocycles. The molecule has 0 fully saturated rings. The molecule has 0 radical (unpaired) electrons. The Hall–Kier alpha value is -2.62. The highest BCUT2D eigenvalue weighted by Gasteiger charge is 2.07. The van der Waals surface area contributed by atoms with E-state index in [1.54, 1.807) is 0 Å². The third-order valence-electron chi connectivity index (χ3n) is 2.73. The molecule has 0 aliphatic heterocycles. The number of nitrogens with one attached hydrogen (secondary N) is 1. The van der Waals surface area contributed by atoms with Crippen molar-refractivity contribution in [1.82, 2.24) is 10.2 Å². The Morgan fingerprint density at radius 3 is 2.26 bits per heavy atom. The lowest BCUT2D eigenvalue weighted by molar-refractivity contribution is 0.581. The minimum absolute atomic E-state index is 0.433. The lowest BCUT2D eigenvalue weighted by Crippen LogP contribution is -1.98. The average Bonchev–Trinajstić information content (AvgIpc) is 2.96. The Morgan fingerprint density at radius 2 is 1.53 bits per heavy atom. The Labute approximate surface area is 111 Å². The summed E-state index contributed by atoms with van der Waals surface area (Å²) in [6.07, 6.45) is 0. The third-order valence-corrected chi connectivity index (χ3v) is 2.73. The average molecular weight is 251 g/mol. The summed E-state index contributed by atoms with van der Waals surface area (Å²) in [4.78, 5) is 0. The van der Waals surface area contributed by atoms with Gasteiger partial charge in [0.1, 0.15) is 0 Å². The molecule has 0 atom stereocenters. The van der Waals surface area contributed by atoms with Crippen molar-refractivity contribution in [2.75, 3.05) is 5.32 Å². The summed E-state index contributed by atoms with van der Waals surface area (Å²) in [6.45, 7) is 0.664. The van der Waals surface area contributed by atoms with Crippen LogP contribution in [0.2, 0.25) is 0 Å². The first-order valence-electron chi connectivity index (χ1n) is 6.08. The van der Waals surface area contributed by atoms with Crippen molar-refractivity contribution in [2.24, 2.45) is 0 Å². The van der Waals surface area contributed by atoms with Crippen LogP contribution in [-0.2, 0) is 6.54 Å². The molecule has 0 unspecified atom stereocenters. The van der Waals surface area contributed by atoms with Gasteiger partial charge >= 0.3 is 6.01 Å². The quantitative estimate of drug-likeness (QED) is 0.772. The molecule has 0 amide bonds. The van der Waals surface area contributed by atoms with Crippen molar-refractivity contribution in [3.8, 4) is 11.5 Å². The Bertz CT molecular complexity index is 635. The summed E-state index contributed by atoms with van der Waals surface area (Å²) in [5.41, 5.74) is 2.09. The molecule has 94 valence electrons. The summed E-state index contributed by atoms with van der Waals surface area (Å²) < 4.78 is 5.56. The van der Waals surface area contributed by atoms with Crippen LogP contribution in [0.1, 0.15) is 5.56 Å². The fourth-order valence-corrected chi connectivity index (χ4v) is 1.77. The third kappa shape index (κ3) is 2.80. The van der Waals surface area contributed by atoms with E-state index in [2.05, 4.69) is 15.5 Å². The van der Waals surface area contributed by atoms with Crippen LogP contribution < -0.4 is 5.32 Å². The summed E-state index contributed by atoms with van der Waals surface area (Å²) >= 11 is 0. The van der Waals surface area contributed by atoms with Crippen LogP contribution in [0, 0.1) is 0 Å². The predicted molar refractivity (Wildman–Crippen MR) is 73.5 cm³/mol. The van der Waals surface area contributed by atoms with Gasteiger partial charge in [0.15, 0.2) is 0 Å². The minimum atomic E-state index is 0.433. The van der Waals surface area contributed by atoms with Gasteiger partial charge in [-0.1, -0.05) is 53.6 Å². The smallest absolute Gasteiger partial charge is 0.316 e. The van der Waals surface area contributed by atoms with Gasteiger partial charge in [-0.05, 0) is 17.7 Å². The number of hydrogen-bond acceptors (Lipinski definition) is 4. The first-order valence-corrected chi connectivity index (χ1v) is 6.08. The zero-order valence-corrected chi connectivity index (χ0v) is 10.3. The monoisotopic (exact) mass is 251 g/mol. The zero-order valence-electron chi connectivity index (χ0n) is 10.3. The molecule has 4 heteroatoms. The van der Waals surface area contributed by atoms with E-state index in [9.17, 15) is 0 Å². The molecule has 2 aromatic carbocycles. The molecule has 0 bridgehead atoms. The van der Waals surface area contributed by atoms with Crippen molar-refractivity contribution in [1.29, 1.82) is 0 Å². The van der Waals surface area contributed by atoms with E-state index in [1.165, 1.54) is 5.56 Å². The second kappa shape index (κ2) is 5.35. The van der Waals surface area contributed by atoms with Crippen LogP contribution in [-0.4, -0.2) is 10.2 Å². The van der Waals surface area contributed by atoms with Gasteiger partial charge < -0.3 is 9.73 Å². The van der Waals surface area contributed by atoms with Crippen LogP contribution in [0.3, 0.4) is 0 Å². The fourth-order valence-electron chi connectivity index (χ4n) is 1.77. The standard InChI is InChI=1S/C15H13N3O/c1-3-7-12(8-4-1)11-16-15-18-17-14(19-15)13-9-5-2-6-10-13/h1-10H,11H2,(H,16,18). The highest BCUT2D eigenvalue weighted by molar-refractivity contribution is 5.52. The van der Waals surface area contributed by atoms with Crippen molar-refractivity contribution < 1.29 is 4.42 Å². The summed E-state index contributed by atoms with van der Waals surface area (Å²) in [5, 5.41) is 11.1. The number of benzene rings is 2. The first-order chi connectivity index (χ1) is 9.42. The summed E-state index contributed by atoms with van der Waals surface area (Å²) in [5.74, 6) is 0.524.